The van der Waals surface area contributed by atoms with Crippen molar-refractivity contribution in [3.63, 3.8) is 0 Å². The Hall–Kier alpha value is -5.08. The molecule has 4 amide bonds. The van der Waals surface area contributed by atoms with Crippen molar-refractivity contribution < 1.29 is 29.1 Å². The number of carbonyl (C=O) groups excluding carboxylic acids is 4. The summed E-state index contributed by atoms with van der Waals surface area (Å²) < 4.78 is 1.70. The normalized spacial score (nSPS) is 13.4. The molecule has 0 fully saturated rings. The Morgan fingerprint density at radius 1 is 0.723 bits per heavy atom. The van der Waals surface area contributed by atoms with E-state index in [1.54, 1.807) is 78.7 Å². The third kappa shape index (κ3) is 12.0. The van der Waals surface area contributed by atoms with E-state index < -0.39 is 53.8 Å². The number of carbonyl (C=O) groups is 5. The summed E-state index contributed by atoms with van der Waals surface area (Å²) in [5.41, 5.74) is 13.3. The van der Waals surface area contributed by atoms with Gasteiger partial charge >= 0.3 is 5.97 Å². The number of nitrogens with one attached hydrogen (secondary N) is 4. The summed E-state index contributed by atoms with van der Waals surface area (Å²) in [6, 6.07) is 13.3. The molecule has 2 aromatic carbocycles. The van der Waals surface area contributed by atoms with Gasteiger partial charge in [0.25, 0.3) is 0 Å². The molecule has 252 valence electrons. The Morgan fingerprint density at radius 3 is 1.74 bits per heavy atom. The van der Waals surface area contributed by atoms with Crippen LogP contribution in [0.4, 0.5) is 0 Å². The molecule has 0 spiro atoms. The second kappa shape index (κ2) is 18.8. The molecule has 3 aromatic rings. The molecule has 0 bridgehead atoms. The van der Waals surface area contributed by atoms with Gasteiger partial charge in [-0.05, 0) is 36.9 Å². The monoisotopic (exact) mass is 648 g/mol. The highest BCUT2D eigenvalue weighted by Crippen LogP contribution is 2.10. The Balaban J connectivity index is 1.83. The number of aliphatic carboxylic acids is 1. The van der Waals surface area contributed by atoms with Crippen molar-refractivity contribution in [2.45, 2.75) is 62.7 Å². The van der Waals surface area contributed by atoms with Gasteiger partial charge in [0.1, 0.15) is 24.2 Å². The average Bonchev–Trinajstić information content (AvgIpc) is 3.47. The van der Waals surface area contributed by atoms with Crippen LogP contribution >= 0.6 is 0 Å². The summed E-state index contributed by atoms with van der Waals surface area (Å²) in [4.78, 5) is 69.3. The molecule has 1 aromatic heterocycles. The van der Waals surface area contributed by atoms with E-state index in [2.05, 4.69) is 26.3 Å². The molecule has 0 aliphatic rings. The van der Waals surface area contributed by atoms with Crippen LogP contribution in [0, 0.1) is 0 Å². The van der Waals surface area contributed by atoms with Crippen molar-refractivity contribution in [3.8, 4) is 0 Å². The van der Waals surface area contributed by atoms with Gasteiger partial charge in [-0.3, -0.25) is 19.2 Å². The summed E-state index contributed by atoms with van der Waals surface area (Å²) in [6.07, 6.45) is 4.58. The van der Waals surface area contributed by atoms with Crippen LogP contribution in [0.5, 0.6) is 0 Å². The maximum Gasteiger partial charge on any atom is 0.326 e. The fraction of sp³-hybridized carbons (Fsp3) is 0.394. The molecule has 0 saturated heterocycles. The number of aromatic nitrogens is 2. The summed E-state index contributed by atoms with van der Waals surface area (Å²) in [7, 11) is 1.75. The van der Waals surface area contributed by atoms with E-state index in [-0.39, 0.29) is 32.2 Å². The molecule has 0 saturated carbocycles. The molecule has 0 aliphatic carbocycles. The highest BCUT2D eigenvalue weighted by molar-refractivity contribution is 5.95. The number of hydrogen-bond acceptors (Lipinski definition) is 8. The van der Waals surface area contributed by atoms with Gasteiger partial charge in [-0.2, -0.15) is 0 Å². The summed E-state index contributed by atoms with van der Waals surface area (Å²) in [6.45, 7) is 0.0302. The van der Waals surface area contributed by atoms with Gasteiger partial charge in [0.15, 0.2) is 0 Å². The van der Waals surface area contributed by atoms with Gasteiger partial charge in [0.2, 0.25) is 23.6 Å². The van der Waals surface area contributed by atoms with E-state index in [4.69, 9.17) is 11.5 Å². The van der Waals surface area contributed by atoms with E-state index in [1.165, 1.54) is 0 Å². The molecule has 14 nitrogen and oxygen atoms in total. The number of nitrogens with zero attached hydrogens (tertiary/aromatic N) is 2. The minimum Gasteiger partial charge on any atom is -0.480 e. The number of benzene rings is 2. The first-order chi connectivity index (χ1) is 22.6. The van der Waals surface area contributed by atoms with Gasteiger partial charge in [0, 0.05) is 38.2 Å². The van der Waals surface area contributed by atoms with Crippen LogP contribution in [-0.2, 0) is 50.3 Å². The summed E-state index contributed by atoms with van der Waals surface area (Å²) in [5, 5.41) is 20.5. The molecule has 0 aliphatic heterocycles. The van der Waals surface area contributed by atoms with Gasteiger partial charge in [0.05, 0.1) is 12.9 Å². The number of unbranched alkanes of at least 4 members (excludes halogenated alkanes) is 1. The number of carboxylic acid groups (broad SMARTS) is 1. The summed E-state index contributed by atoms with van der Waals surface area (Å²) in [5.74, 6) is -3.75. The van der Waals surface area contributed by atoms with Crippen molar-refractivity contribution in [3.05, 3.63) is 90.0 Å². The number of nitrogens with two attached hydrogens (primary N) is 2. The Bertz CT molecular complexity index is 1470. The lowest BCUT2D eigenvalue weighted by Crippen LogP contribution is -2.58. The first-order valence-corrected chi connectivity index (χ1v) is 15.5. The predicted molar refractivity (Wildman–Crippen MR) is 175 cm³/mol. The van der Waals surface area contributed by atoms with Crippen LogP contribution in [0.3, 0.4) is 0 Å². The van der Waals surface area contributed by atoms with E-state index in [0.717, 1.165) is 5.56 Å². The van der Waals surface area contributed by atoms with E-state index >= 15 is 0 Å². The SMILES string of the molecule is Cn1cncc1C[C@H](NC(=O)CN)C(=O)N[C@@H](CCCCN)C(=O)N[C@@H](Cc1ccccc1)C(=O)N[C@@H](Cc1ccccc1)C(=O)O. The minimum absolute atomic E-state index is 0.0399. The Kier molecular flexibility index (Phi) is 14.5. The lowest BCUT2D eigenvalue weighted by Gasteiger charge is -2.26. The van der Waals surface area contributed by atoms with Crippen molar-refractivity contribution in [1.82, 2.24) is 30.8 Å². The number of carboxylic acids is 1. The van der Waals surface area contributed by atoms with Crippen LogP contribution in [0.25, 0.3) is 0 Å². The maximum absolute atomic E-state index is 13.8. The molecule has 9 N–H and O–H groups in total. The number of hydrogen-bond donors (Lipinski definition) is 7. The van der Waals surface area contributed by atoms with Gasteiger partial charge < -0.3 is 42.4 Å². The minimum atomic E-state index is -1.25. The molecule has 3 rings (SSSR count). The number of aryl methyl sites for hydroxylation is 1. The van der Waals surface area contributed by atoms with Crippen LogP contribution in [-0.4, -0.2) is 81.5 Å². The van der Waals surface area contributed by atoms with Crippen LogP contribution < -0.4 is 32.7 Å². The fourth-order valence-electron chi connectivity index (χ4n) is 4.94. The van der Waals surface area contributed by atoms with Crippen molar-refractivity contribution >= 4 is 29.6 Å². The smallest absolute Gasteiger partial charge is 0.326 e. The second-order valence-corrected chi connectivity index (χ2v) is 11.2. The fourth-order valence-corrected chi connectivity index (χ4v) is 4.94. The first kappa shape index (κ1) is 36.4. The molecular weight excluding hydrogens is 604 g/mol. The van der Waals surface area contributed by atoms with Gasteiger partial charge in [-0.15, -0.1) is 0 Å². The van der Waals surface area contributed by atoms with Gasteiger partial charge in [-0.25, -0.2) is 9.78 Å². The standard InChI is InChI=1S/C33H44N8O6/c1-41-21-36-20-24(41)18-27(37-29(42)19-35)32(45)38-25(14-8-9-15-34)30(43)39-26(16-22-10-4-2-5-11-22)31(44)40-28(33(46)47)17-23-12-6-3-7-13-23/h2-7,10-13,20-21,25-28H,8-9,14-19,34-35H2,1H3,(H,37,42)(H,38,45)(H,39,43)(H,40,44)(H,46,47)/t25-,26-,27-,28-/m0/s1. The predicted octanol–water partition coefficient (Wildman–Crippen LogP) is -0.440. The van der Waals surface area contributed by atoms with E-state index in [0.29, 0.717) is 30.6 Å². The summed E-state index contributed by atoms with van der Waals surface area (Å²) >= 11 is 0. The van der Waals surface area contributed by atoms with Crippen molar-refractivity contribution in [1.29, 1.82) is 0 Å². The number of amides is 4. The molecule has 0 radical (unpaired) electrons. The van der Waals surface area contributed by atoms with E-state index in [1.807, 2.05) is 6.07 Å². The largest absolute Gasteiger partial charge is 0.480 e. The number of rotatable bonds is 19. The molecular formula is C33H44N8O6. The zero-order valence-electron chi connectivity index (χ0n) is 26.4. The Labute approximate surface area is 273 Å². The maximum atomic E-state index is 13.8. The zero-order valence-corrected chi connectivity index (χ0v) is 26.4. The molecule has 1 heterocycles. The highest BCUT2D eigenvalue weighted by atomic mass is 16.4. The molecule has 4 atom stereocenters. The zero-order chi connectivity index (χ0) is 34.2. The van der Waals surface area contributed by atoms with Crippen molar-refractivity contribution in [2.75, 3.05) is 13.1 Å². The highest BCUT2D eigenvalue weighted by Gasteiger charge is 2.31. The number of imidazole rings is 1. The van der Waals surface area contributed by atoms with Crippen LogP contribution in [0.1, 0.15) is 36.1 Å². The average molecular weight is 649 g/mol. The molecule has 47 heavy (non-hydrogen) atoms. The van der Waals surface area contributed by atoms with E-state index in [9.17, 15) is 29.1 Å². The van der Waals surface area contributed by atoms with Crippen LogP contribution in [0.2, 0.25) is 0 Å². The van der Waals surface area contributed by atoms with Crippen molar-refractivity contribution in [2.24, 2.45) is 18.5 Å². The van der Waals surface area contributed by atoms with Crippen LogP contribution in [0.15, 0.2) is 73.2 Å². The third-order valence-electron chi connectivity index (χ3n) is 7.56. The lowest BCUT2D eigenvalue weighted by molar-refractivity contribution is -0.142. The first-order valence-electron chi connectivity index (χ1n) is 15.5. The lowest BCUT2D eigenvalue weighted by atomic mass is 10.0. The third-order valence-corrected chi connectivity index (χ3v) is 7.56. The quantitative estimate of drug-likeness (QED) is 0.0836. The Morgan fingerprint density at radius 2 is 1.23 bits per heavy atom. The van der Waals surface area contributed by atoms with Gasteiger partial charge in [-0.1, -0.05) is 60.7 Å². The second-order valence-electron chi connectivity index (χ2n) is 11.2. The topological polar surface area (TPSA) is 224 Å². The molecule has 0 unspecified atom stereocenters. The molecule has 14 heteroatoms.